The average Bonchev–Trinajstić information content (AvgIpc) is 2.19. The highest BCUT2D eigenvalue weighted by Crippen LogP contribution is 2.17. The molecular weight excluding hydrogens is 251 g/mol. The SMILES string of the molecule is CSCCN(C)Cc1ccc(Cl)nc1Cl. The van der Waals surface area contributed by atoms with E-state index in [4.69, 9.17) is 23.2 Å². The molecule has 0 spiro atoms. The van der Waals surface area contributed by atoms with Gasteiger partial charge in [0.2, 0.25) is 0 Å². The number of hydrogen-bond acceptors (Lipinski definition) is 3. The van der Waals surface area contributed by atoms with Crippen molar-refractivity contribution < 1.29 is 0 Å². The number of thioether (sulfide) groups is 1. The standard InChI is InChI=1S/C10H14Cl2N2S/c1-14(5-6-15-2)7-8-3-4-9(11)13-10(8)12/h3-4H,5-7H2,1-2H3. The third kappa shape index (κ3) is 4.60. The summed E-state index contributed by atoms with van der Waals surface area (Å²) < 4.78 is 0. The van der Waals surface area contributed by atoms with Crippen molar-refractivity contribution in [1.82, 2.24) is 9.88 Å². The van der Waals surface area contributed by atoms with Gasteiger partial charge in [0, 0.05) is 24.4 Å². The zero-order valence-electron chi connectivity index (χ0n) is 8.83. The molecule has 15 heavy (non-hydrogen) atoms. The van der Waals surface area contributed by atoms with Crippen molar-refractivity contribution >= 4 is 35.0 Å². The minimum Gasteiger partial charge on any atom is -0.301 e. The van der Waals surface area contributed by atoms with Crippen LogP contribution in [0.25, 0.3) is 0 Å². The summed E-state index contributed by atoms with van der Waals surface area (Å²) in [4.78, 5) is 6.22. The van der Waals surface area contributed by atoms with E-state index in [9.17, 15) is 0 Å². The topological polar surface area (TPSA) is 16.1 Å². The predicted molar refractivity (Wildman–Crippen MR) is 69.0 cm³/mol. The Morgan fingerprint density at radius 1 is 1.40 bits per heavy atom. The van der Waals surface area contributed by atoms with Gasteiger partial charge in [0.25, 0.3) is 0 Å². The maximum absolute atomic E-state index is 5.98. The molecule has 84 valence electrons. The number of hydrogen-bond donors (Lipinski definition) is 0. The Bertz CT molecular complexity index is 320. The molecule has 5 heteroatoms. The molecule has 0 unspecified atom stereocenters. The van der Waals surface area contributed by atoms with E-state index in [2.05, 4.69) is 23.2 Å². The summed E-state index contributed by atoms with van der Waals surface area (Å²) in [5.74, 6) is 1.12. The summed E-state index contributed by atoms with van der Waals surface area (Å²) in [5.41, 5.74) is 1.02. The largest absolute Gasteiger partial charge is 0.301 e. The summed E-state index contributed by atoms with van der Waals surface area (Å²) >= 11 is 13.5. The number of aromatic nitrogens is 1. The zero-order chi connectivity index (χ0) is 11.3. The second kappa shape index (κ2) is 6.59. The van der Waals surface area contributed by atoms with E-state index in [1.54, 1.807) is 6.07 Å². The molecule has 0 fully saturated rings. The molecule has 1 aromatic heterocycles. The highest BCUT2D eigenvalue weighted by Gasteiger charge is 2.05. The Morgan fingerprint density at radius 2 is 2.13 bits per heavy atom. The van der Waals surface area contributed by atoms with Crippen LogP contribution in [-0.2, 0) is 6.54 Å². The van der Waals surface area contributed by atoms with Crippen LogP contribution in [0.3, 0.4) is 0 Å². The van der Waals surface area contributed by atoms with Crippen LogP contribution in [0.1, 0.15) is 5.56 Å². The van der Waals surface area contributed by atoms with Gasteiger partial charge in [0.1, 0.15) is 10.3 Å². The van der Waals surface area contributed by atoms with E-state index in [0.29, 0.717) is 10.3 Å². The Morgan fingerprint density at radius 3 is 2.73 bits per heavy atom. The van der Waals surface area contributed by atoms with Crippen LogP contribution in [-0.4, -0.2) is 35.5 Å². The van der Waals surface area contributed by atoms with Crippen LogP contribution in [0.4, 0.5) is 0 Å². The van der Waals surface area contributed by atoms with E-state index >= 15 is 0 Å². The van der Waals surface area contributed by atoms with Crippen molar-refractivity contribution in [3.05, 3.63) is 28.0 Å². The average molecular weight is 265 g/mol. The first-order valence-corrected chi connectivity index (χ1v) is 6.77. The molecule has 0 saturated carbocycles. The van der Waals surface area contributed by atoms with Crippen molar-refractivity contribution in [1.29, 1.82) is 0 Å². The molecule has 0 amide bonds. The molecule has 1 aromatic rings. The Labute approximate surface area is 105 Å². The Hall–Kier alpha value is 0.0400. The van der Waals surface area contributed by atoms with Crippen molar-refractivity contribution in [2.24, 2.45) is 0 Å². The van der Waals surface area contributed by atoms with Gasteiger partial charge < -0.3 is 4.90 Å². The normalized spacial score (nSPS) is 11.0. The van der Waals surface area contributed by atoms with Crippen LogP contribution in [0.2, 0.25) is 10.3 Å². The molecule has 0 N–H and O–H groups in total. The van der Waals surface area contributed by atoms with Gasteiger partial charge in [-0.3, -0.25) is 0 Å². The van der Waals surface area contributed by atoms with E-state index < -0.39 is 0 Å². The van der Waals surface area contributed by atoms with Gasteiger partial charge in [-0.15, -0.1) is 0 Å². The first kappa shape index (κ1) is 13.1. The van der Waals surface area contributed by atoms with Crippen molar-refractivity contribution in [2.75, 3.05) is 25.6 Å². The lowest BCUT2D eigenvalue weighted by atomic mass is 10.3. The summed E-state index contributed by atoms with van der Waals surface area (Å²) in [5, 5.41) is 0.939. The molecule has 2 nitrogen and oxygen atoms in total. The highest BCUT2D eigenvalue weighted by atomic mass is 35.5. The lowest BCUT2D eigenvalue weighted by Crippen LogP contribution is -2.20. The molecule has 0 aliphatic carbocycles. The Kier molecular flexibility index (Phi) is 5.75. The van der Waals surface area contributed by atoms with E-state index in [1.165, 1.54) is 0 Å². The highest BCUT2D eigenvalue weighted by molar-refractivity contribution is 7.98. The first-order chi connectivity index (χ1) is 7.13. The van der Waals surface area contributed by atoms with Gasteiger partial charge in [-0.2, -0.15) is 11.8 Å². The van der Waals surface area contributed by atoms with Gasteiger partial charge in [-0.25, -0.2) is 4.98 Å². The second-order valence-corrected chi connectivity index (χ2v) is 5.05. The minimum absolute atomic E-state index is 0.440. The lowest BCUT2D eigenvalue weighted by molar-refractivity contribution is 0.348. The quantitative estimate of drug-likeness (QED) is 0.761. The van der Waals surface area contributed by atoms with Gasteiger partial charge in [-0.05, 0) is 19.4 Å². The van der Waals surface area contributed by atoms with Gasteiger partial charge in [0.15, 0.2) is 0 Å². The molecule has 0 aliphatic heterocycles. The number of nitrogens with zero attached hydrogens (tertiary/aromatic N) is 2. The maximum Gasteiger partial charge on any atom is 0.135 e. The molecule has 0 aromatic carbocycles. The number of rotatable bonds is 5. The zero-order valence-corrected chi connectivity index (χ0v) is 11.2. The molecule has 1 heterocycles. The van der Waals surface area contributed by atoms with E-state index in [0.717, 1.165) is 24.4 Å². The summed E-state index contributed by atoms with van der Waals surface area (Å²) in [6, 6.07) is 3.69. The van der Waals surface area contributed by atoms with Crippen LogP contribution in [0, 0.1) is 0 Å². The fourth-order valence-electron chi connectivity index (χ4n) is 1.18. The van der Waals surface area contributed by atoms with Crippen molar-refractivity contribution in [2.45, 2.75) is 6.54 Å². The third-order valence-electron chi connectivity index (χ3n) is 2.01. The second-order valence-electron chi connectivity index (χ2n) is 3.31. The van der Waals surface area contributed by atoms with Crippen LogP contribution < -0.4 is 0 Å². The van der Waals surface area contributed by atoms with Crippen LogP contribution >= 0.6 is 35.0 Å². The van der Waals surface area contributed by atoms with E-state index in [-0.39, 0.29) is 0 Å². The third-order valence-corrected chi connectivity index (χ3v) is 3.14. The van der Waals surface area contributed by atoms with Crippen LogP contribution in [0.15, 0.2) is 12.1 Å². The summed E-state index contributed by atoms with van der Waals surface area (Å²) in [7, 11) is 2.07. The monoisotopic (exact) mass is 264 g/mol. The van der Waals surface area contributed by atoms with E-state index in [1.807, 2.05) is 17.8 Å². The van der Waals surface area contributed by atoms with Gasteiger partial charge in [0.05, 0.1) is 0 Å². The maximum atomic E-state index is 5.98. The number of pyridine rings is 1. The molecule has 0 saturated heterocycles. The van der Waals surface area contributed by atoms with Gasteiger partial charge >= 0.3 is 0 Å². The predicted octanol–water partition coefficient (Wildman–Crippen LogP) is 3.18. The molecule has 0 aliphatic rings. The fourth-order valence-corrected chi connectivity index (χ4v) is 2.07. The smallest absolute Gasteiger partial charge is 0.135 e. The fraction of sp³-hybridized carbons (Fsp3) is 0.500. The van der Waals surface area contributed by atoms with Crippen molar-refractivity contribution in [3.63, 3.8) is 0 Å². The van der Waals surface area contributed by atoms with Crippen molar-refractivity contribution in [3.8, 4) is 0 Å². The molecule has 0 radical (unpaired) electrons. The molecule has 1 rings (SSSR count). The number of halogens is 2. The minimum atomic E-state index is 0.440. The lowest BCUT2D eigenvalue weighted by Gasteiger charge is -2.16. The Balaban J connectivity index is 2.56. The first-order valence-electron chi connectivity index (χ1n) is 4.62. The summed E-state index contributed by atoms with van der Waals surface area (Å²) in [6.07, 6.45) is 2.10. The summed E-state index contributed by atoms with van der Waals surface area (Å²) in [6.45, 7) is 1.85. The van der Waals surface area contributed by atoms with Crippen LogP contribution in [0.5, 0.6) is 0 Å². The van der Waals surface area contributed by atoms with Gasteiger partial charge in [-0.1, -0.05) is 29.3 Å². The molecule has 0 atom stereocenters. The molecular formula is C10H14Cl2N2S. The molecule has 0 bridgehead atoms.